The first-order chi connectivity index (χ1) is 18.9. The maximum absolute atomic E-state index is 12.8. The van der Waals surface area contributed by atoms with Crippen LogP contribution in [0, 0.1) is 6.92 Å². The lowest BCUT2D eigenvalue weighted by Gasteiger charge is -2.37. The third kappa shape index (κ3) is 7.15. The second kappa shape index (κ2) is 13.6. The van der Waals surface area contributed by atoms with Crippen molar-refractivity contribution in [3.8, 4) is 0 Å². The highest BCUT2D eigenvalue weighted by Crippen LogP contribution is 2.24. The van der Waals surface area contributed by atoms with Crippen molar-refractivity contribution < 1.29 is 18.6 Å². The van der Waals surface area contributed by atoms with Gasteiger partial charge < -0.3 is 20.4 Å². The highest BCUT2D eigenvalue weighted by Gasteiger charge is 2.27. The number of carbonyl (C=O) groups excluding carboxylic acids is 3. The molecular weight excluding hydrogens is 516 g/mol. The lowest BCUT2D eigenvalue weighted by Crippen LogP contribution is -2.49. The summed E-state index contributed by atoms with van der Waals surface area (Å²) in [5.74, 6) is -0.453. The van der Waals surface area contributed by atoms with E-state index in [0.29, 0.717) is 44.6 Å². The first-order valence-electron chi connectivity index (χ1n) is 13.5. The van der Waals surface area contributed by atoms with E-state index < -0.39 is 11.2 Å². The fourth-order valence-corrected chi connectivity index (χ4v) is 6.35. The maximum atomic E-state index is 12.8. The molecule has 1 atom stereocenters. The topological polar surface area (TPSA) is 114 Å². The van der Waals surface area contributed by atoms with Gasteiger partial charge in [-0.25, -0.2) is 8.93 Å². The fourth-order valence-electron chi connectivity index (χ4n) is 5.20. The average Bonchev–Trinajstić information content (AvgIpc) is 2.97. The zero-order chi connectivity index (χ0) is 27.8. The standard InChI is InChI=1S/C28H38N6O4S/c1-21-18-23(8-9-26(21)34-14-5-13-31-39(34)38)28(37)30-19-27(36)32-16-11-24(12-17-32)33(20-35)15-10-22-6-3-4-7-25(22)29-2/h3-4,6-9,18,20,24,29,31H,5,10-17,19H2,1-2H3,(H,30,37). The number of aryl methyl sites for hydroxylation is 1. The molecule has 3 amide bonds. The van der Waals surface area contributed by atoms with Crippen LogP contribution in [0.15, 0.2) is 42.5 Å². The van der Waals surface area contributed by atoms with Crippen molar-refractivity contribution in [2.24, 2.45) is 0 Å². The second-order valence-electron chi connectivity index (χ2n) is 9.90. The van der Waals surface area contributed by atoms with Gasteiger partial charge in [-0.2, -0.15) is 0 Å². The summed E-state index contributed by atoms with van der Waals surface area (Å²) in [6, 6.07) is 13.4. The summed E-state index contributed by atoms with van der Waals surface area (Å²) in [5, 5.41) is 5.93. The number of amides is 3. The van der Waals surface area contributed by atoms with Gasteiger partial charge in [0.1, 0.15) is 0 Å². The van der Waals surface area contributed by atoms with Crippen LogP contribution in [0.25, 0.3) is 0 Å². The molecule has 0 aliphatic carbocycles. The Balaban J connectivity index is 1.24. The first kappa shape index (κ1) is 28.6. The quantitative estimate of drug-likeness (QED) is 0.388. The van der Waals surface area contributed by atoms with E-state index in [1.54, 1.807) is 27.4 Å². The molecule has 0 aromatic heterocycles. The molecule has 0 bridgehead atoms. The molecule has 2 aromatic rings. The Hall–Kier alpha value is -3.44. The van der Waals surface area contributed by atoms with Crippen molar-refractivity contribution in [3.05, 3.63) is 59.2 Å². The lowest BCUT2D eigenvalue weighted by molar-refractivity contribution is -0.132. The highest BCUT2D eigenvalue weighted by atomic mass is 32.2. The number of carbonyl (C=O) groups is 3. The Labute approximate surface area is 232 Å². The molecular formula is C28H38N6O4S. The van der Waals surface area contributed by atoms with E-state index in [-0.39, 0.29) is 24.4 Å². The van der Waals surface area contributed by atoms with E-state index in [2.05, 4.69) is 21.4 Å². The van der Waals surface area contributed by atoms with Crippen LogP contribution in [0.1, 0.15) is 40.7 Å². The SMILES string of the molecule is CNc1ccccc1CCN(C=O)C1CCN(C(=O)CNC(=O)c2ccc(N3CCCNS3=O)c(C)c2)CC1. The summed E-state index contributed by atoms with van der Waals surface area (Å²) in [7, 11) is 1.89. The monoisotopic (exact) mass is 554 g/mol. The van der Waals surface area contributed by atoms with E-state index in [4.69, 9.17) is 0 Å². The van der Waals surface area contributed by atoms with E-state index in [0.717, 1.165) is 42.7 Å². The molecule has 2 saturated heterocycles. The summed E-state index contributed by atoms with van der Waals surface area (Å²) >= 11 is -1.28. The largest absolute Gasteiger partial charge is 0.388 e. The van der Waals surface area contributed by atoms with Crippen LogP contribution in [-0.2, 0) is 27.2 Å². The Morgan fingerprint density at radius 1 is 1.15 bits per heavy atom. The molecule has 3 N–H and O–H groups in total. The molecule has 0 saturated carbocycles. The molecule has 2 aliphatic heterocycles. The summed E-state index contributed by atoms with van der Waals surface area (Å²) < 4.78 is 17.0. The Kier molecular flexibility index (Phi) is 9.94. The summed E-state index contributed by atoms with van der Waals surface area (Å²) in [5.41, 5.74) is 4.36. The van der Waals surface area contributed by atoms with Gasteiger partial charge in [-0.05, 0) is 68.0 Å². The lowest BCUT2D eigenvalue weighted by atomic mass is 10.0. The van der Waals surface area contributed by atoms with Crippen LogP contribution in [0.2, 0.25) is 0 Å². The van der Waals surface area contributed by atoms with Crippen molar-refractivity contribution in [3.63, 3.8) is 0 Å². The molecule has 2 heterocycles. The Morgan fingerprint density at radius 3 is 2.62 bits per heavy atom. The van der Waals surface area contributed by atoms with Gasteiger partial charge in [0, 0.05) is 57.1 Å². The molecule has 210 valence electrons. The minimum absolute atomic E-state index is 0.0808. The molecule has 1 unspecified atom stereocenters. The van der Waals surface area contributed by atoms with Crippen molar-refractivity contribution in [1.82, 2.24) is 19.8 Å². The number of anilines is 2. The van der Waals surface area contributed by atoms with Crippen molar-refractivity contribution in [2.75, 3.05) is 55.9 Å². The Bertz CT molecular complexity index is 1200. The van der Waals surface area contributed by atoms with Gasteiger partial charge in [0.05, 0.1) is 12.2 Å². The van der Waals surface area contributed by atoms with E-state index in [1.165, 1.54) is 5.56 Å². The van der Waals surface area contributed by atoms with Gasteiger partial charge >= 0.3 is 0 Å². The van der Waals surface area contributed by atoms with Gasteiger partial charge in [-0.15, -0.1) is 0 Å². The van der Waals surface area contributed by atoms with Gasteiger partial charge in [-0.3, -0.25) is 18.7 Å². The summed E-state index contributed by atoms with van der Waals surface area (Å²) in [6.07, 6.45) is 3.98. The third-order valence-corrected chi connectivity index (χ3v) is 8.67. The molecule has 0 radical (unpaired) electrons. The number of rotatable bonds is 10. The number of para-hydroxylation sites is 1. The van der Waals surface area contributed by atoms with Crippen LogP contribution in [-0.4, -0.2) is 84.6 Å². The molecule has 11 heteroatoms. The summed E-state index contributed by atoms with van der Waals surface area (Å²) in [4.78, 5) is 40.9. The summed E-state index contributed by atoms with van der Waals surface area (Å²) in [6.45, 7) is 4.93. The smallest absolute Gasteiger partial charge is 0.251 e. The first-order valence-corrected chi connectivity index (χ1v) is 14.6. The second-order valence-corrected chi connectivity index (χ2v) is 11.1. The fraction of sp³-hybridized carbons (Fsp3) is 0.464. The minimum Gasteiger partial charge on any atom is -0.388 e. The van der Waals surface area contributed by atoms with E-state index >= 15 is 0 Å². The number of benzene rings is 2. The molecule has 2 aliphatic rings. The maximum Gasteiger partial charge on any atom is 0.251 e. The number of likely N-dealkylation sites (tertiary alicyclic amines) is 1. The molecule has 10 nitrogen and oxygen atoms in total. The number of hydrogen-bond donors (Lipinski definition) is 3. The van der Waals surface area contributed by atoms with Crippen LogP contribution >= 0.6 is 0 Å². The van der Waals surface area contributed by atoms with Crippen LogP contribution in [0.4, 0.5) is 11.4 Å². The molecule has 2 aromatic carbocycles. The Morgan fingerprint density at radius 2 is 1.92 bits per heavy atom. The van der Waals surface area contributed by atoms with Gasteiger partial charge in [0.15, 0.2) is 11.2 Å². The molecule has 39 heavy (non-hydrogen) atoms. The van der Waals surface area contributed by atoms with E-state index in [9.17, 15) is 18.6 Å². The van der Waals surface area contributed by atoms with Gasteiger partial charge in [0.2, 0.25) is 12.3 Å². The van der Waals surface area contributed by atoms with Crippen molar-refractivity contribution in [1.29, 1.82) is 0 Å². The van der Waals surface area contributed by atoms with Crippen LogP contribution in [0.5, 0.6) is 0 Å². The molecule has 0 spiro atoms. The number of nitrogens with zero attached hydrogens (tertiary/aromatic N) is 3. The van der Waals surface area contributed by atoms with Crippen molar-refractivity contribution in [2.45, 2.75) is 38.6 Å². The van der Waals surface area contributed by atoms with Crippen LogP contribution < -0.4 is 19.7 Å². The zero-order valence-electron chi connectivity index (χ0n) is 22.7. The minimum atomic E-state index is -1.28. The van der Waals surface area contributed by atoms with Gasteiger partial charge in [0.25, 0.3) is 5.91 Å². The molecule has 4 rings (SSSR count). The number of hydrogen-bond acceptors (Lipinski definition) is 5. The number of nitrogens with one attached hydrogen (secondary N) is 3. The predicted octanol–water partition coefficient (Wildman–Crippen LogP) is 1.84. The average molecular weight is 555 g/mol. The highest BCUT2D eigenvalue weighted by molar-refractivity contribution is 7.84. The predicted molar refractivity (Wildman–Crippen MR) is 154 cm³/mol. The van der Waals surface area contributed by atoms with Gasteiger partial charge in [-0.1, -0.05) is 18.2 Å². The van der Waals surface area contributed by atoms with Crippen molar-refractivity contribution >= 4 is 40.8 Å². The zero-order valence-corrected chi connectivity index (χ0v) is 23.5. The van der Waals surface area contributed by atoms with E-state index in [1.807, 2.05) is 37.1 Å². The number of piperidine rings is 1. The normalized spacial score (nSPS) is 17.9. The molecule has 2 fully saturated rings. The third-order valence-electron chi connectivity index (χ3n) is 7.44. The van der Waals surface area contributed by atoms with Crippen LogP contribution in [0.3, 0.4) is 0 Å².